The Morgan fingerprint density at radius 3 is 2.48 bits per heavy atom. The lowest BCUT2D eigenvalue weighted by atomic mass is 10.1. The molecule has 0 aliphatic carbocycles. The van der Waals surface area contributed by atoms with Gasteiger partial charge in [-0.2, -0.15) is 0 Å². The number of carbonyl (C=O) groups excluding carboxylic acids is 1. The van der Waals surface area contributed by atoms with Crippen molar-refractivity contribution in [3.8, 4) is 0 Å². The Morgan fingerprint density at radius 1 is 0.960 bits per heavy atom. The van der Waals surface area contributed by atoms with Gasteiger partial charge in [0.05, 0.1) is 13.0 Å². The number of halogens is 1. The fraction of sp³-hybridized carbons (Fsp3) is 0.100. The zero-order chi connectivity index (χ0) is 17.6. The van der Waals surface area contributed by atoms with Gasteiger partial charge in [0.1, 0.15) is 11.5 Å². The second kappa shape index (κ2) is 7.57. The number of hydrogen-bond donors (Lipinski definition) is 1. The monoisotopic (exact) mass is 336 g/mol. The molecule has 3 aromatic rings. The van der Waals surface area contributed by atoms with Crippen molar-refractivity contribution in [2.24, 2.45) is 0 Å². The van der Waals surface area contributed by atoms with E-state index >= 15 is 0 Å². The van der Waals surface area contributed by atoms with Gasteiger partial charge < -0.3 is 9.88 Å². The number of carbonyl (C=O) groups is 1. The molecule has 0 unspecified atom stereocenters. The van der Waals surface area contributed by atoms with Crippen LogP contribution in [-0.2, 0) is 17.8 Å². The number of hydrogen-bond acceptors (Lipinski definition) is 2. The largest absolute Gasteiger partial charge is 0.321 e. The highest BCUT2D eigenvalue weighted by Gasteiger charge is 2.09. The Morgan fingerprint density at radius 2 is 1.72 bits per heavy atom. The van der Waals surface area contributed by atoms with E-state index in [1.165, 1.54) is 16.7 Å². The number of aromatic nitrogens is 1. The molecule has 3 rings (SSSR count). The highest BCUT2D eigenvalue weighted by Crippen LogP contribution is 2.07. The van der Waals surface area contributed by atoms with Crippen molar-refractivity contribution in [3.05, 3.63) is 100 Å². The molecule has 0 saturated heterocycles. The van der Waals surface area contributed by atoms with Crippen LogP contribution in [0.4, 0.5) is 10.1 Å². The van der Waals surface area contributed by atoms with Crippen LogP contribution in [0.5, 0.6) is 0 Å². The Balaban J connectivity index is 1.74. The normalized spacial score (nSPS) is 10.4. The third-order valence-electron chi connectivity index (χ3n) is 3.74. The Kier molecular flexibility index (Phi) is 5.04. The molecular formula is C20H17FN2O2. The number of pyridine rings is 1. The van der Waals surface area contributed by atoms with Gasteiger partial charge in [-0.1, -0.05) is 42.5 Å². The van der Waals surface area contributed by atoms with Gasteiger partial charge in [-0.25, -0.2) is 4.39 Å². The summed E-state index contributed by atoms with van der Waals surface area (Å²) in [4.78, 5) is 24.6. The van der Waals surface area contributed by atoms with E-state index in [-0.39, 0.29) is 35.9 Å². The van der Waals surface area contributed by atoms with Crippen molar-refractivity contribution in [3.63, 3.8) is 0 Å². The molecule has 0 bridgehead atoms. The predicted molar refractivity (Wildman–Crippen MR) is 95.0 cm³/mol. The number of nitrogens with zero attached hydrogens (tertiary/aromatic N) is 1. The van der Waals surface area contributed by atoms with Gasteiger partial charge in [0.15, 0.2) is 0 Å². The maximum absolute atomic E-state index is 13.3. The molecule has 1 amide bonds. The number of amides is 1. The topological polar surface area (TPSA) is 51.1 Å². The average molecular weight is 336 g/mol. The van der Waals surface area contributed by atoms with E-state index in [0.29, 0.717) is 5.56 Å². The minimum Gasteiger partial charge on any atom is -0.321 e. The van der Waals surface area contributed by atoms with E-state index in [1.54, 1.807) is 30.5 Å². The molecule has 0 fully saturated rings. The van der Waals surface area contributed by atoms with E-state index in [1.807, 2.05) is 30.3 Å². The first-order chi connectivity index (χ1) is 12.1. The summed E-state index contributed by atoms with van der Waals surface area (Å²) in [5.74, 6) is -0.607. The summed E-state index contributed by atoms with van der Waals surface area (Å²) >= 11 is 0. The van der Waals surface area contributed by atoms with E-state index in [4.69, 9.17) is 0 Å². The van der Waals surface area contributed by atoms with Crippen LogP contribution in [0.3, 0.4) is 0 Å². The molecule has 1 N–H and O–H groups in total. The molecule has 0 spiro atoms. The average Bonchev–Trinajstić information content (AvgIpc) is 2.59. The molecule has 0 radical (unpaired) electrons. The van der Waals surface area contributed by atoms with Crippen LogP contribution in [0.15, 0.2) is 77.7 Å². The zero-order valence-electron chi connectivity index (χ0n) is 13.5. The van der Waals surface area contributed by atoms with Gasteiger partial charge in [0.2, 0.25) is 5.91 Å². The first-order valence-corrected chi connectivity index (χ1v) is 7.89. The fourth-order valence-electron chi connectivity index (χ4n) is 2.56. The summed E-state index contributed by atoms with van der Waals surface area (Å²) in [5, 5.41) is 2.65. The van der Waals surface area contributed by atoms with Crippen LogP contribution in [0, 0.1) is 5.82 Å². The highest BCUT2D eigenvalue weighted by molar-refractivity contribution is 5.92. The minimum atomic E-state index is -0.349. The molecule has 0 aliphatic heterocycles. The summed E-state index contributed by atoms with van der Waals surface area (Å²) in [6.07, 6.45) is 1.80. The van der Waals surface area contributed by atoms with Crippen molar-refractivity contribution in [2.45, 2.75) is 13.0 Å². The van der Waals surface area contributed by atoms with Crippen LogP contribution in [0.1, 0.15) is 11.1 Å². The molecule has 0 saturated carbocycles. The molecule has 0 aliphatic rings. The molecule has 0 atom stereocenters. The molecular weight excluding hydrogens is 319 g/mol. The Hall–Kier alpha value is -3.21. The third-order valence-corrected chi connectivity index (χ3v) is 3.74. The number of benzene rings is 2. The van der Waals surface area contributed by atoms with Gasteiger partial charge in [-0.15, -0.1) is 0 Å². The Bertz CT molecular complexity index is 936. The van der Waals surface area contributed by atoms with Gasteiger partial charge >= 0.3 is 0 Å². The summed E-state index contributed by atoms with van der Waals surface area (Å²) in [6, 6.07) is 18.6. The number of anilines is 1. The van der Waals surface area contributed by atoms with E-state index < -0.39 is 0 Å². The summed E-state index contributed by atoms with van der Waals surface area (Å²) in [6.45, 7) is 0.235. The second-order valence-corrected chi connectivity index (χ2v) is 5.70. The highest BCUT2D eigenvalue weighted by atomic mass is 19.1. The SMILES string of the molecule is O=C(Cc1ccccc1)Nc1cccn(Cc2cccc(F)c2)c1=O. The molecule has 1 heterocycles. The predicted octanol–water partition coefficient (Wildman–Crippen LogP) is 3.22. The lowest BCUT2D eigenvalue weighted by Gasteiger charge is -2.09. The number of nitrogens with one attached hydrogen (secondary N) is 1. The molecule has 2 aromatic carbocycles. The maximum atomic E-state index is 13.3. The van der Waals surface area contributed by atoms with Crippen molar-refractivity contribution < 1.29 is 9.18 Å². The molecule has 5 heteroatoms. The van der Waals surface area contributed by atoms with Crippen LogP contribution < -0.4 is 10.9 Å². The van der Waals surface area contributed by atoms with Gasteiger partial charge in [-0.3, -0.25) is 9.59 Å². The minimum absolute atomic E-state index is 0.194. The van der Waals surface area contributed by atoms with Crippen LogP contribution in [0.25, 0.3) is 0 Å². The summed E-state index contributed by atoms with van der Waals surface area (Å²) in [5.41, 5.74) is 1.43. The standard InChI is InChI=1S/C20H17FN2O2/c21-17-9-4-8-16(12-17)14-23-11-5-10-18(20(23)25)22-19(24)13-15-6-2-1-3-7-15/h1-12H,13-14H2,(H,22,24). The molecule has 126 valence electrons. The fourth-order valence-corrected chi connectivity index (χ4v) is 2.56. The summed E-state index contributed by atoms with van der Waals surface area (Å²) < 4.78 is 14.7. The zero-order valence-corrected chi connectivity index (χ0v) is 13.5. The van der Waals surface area contributed by atoms with Crippen molar-refractivity contribution in [1.82, 2.24) is 4.57 Å². The van der Waals surface area contributed by atoms with Crippen LogP contribution in [0.2, 0.25) is 0 Å². The van der Waals surface area contributed by atoms with Gasteiger partial charge in [0.25, 0.3) is 5.56 Å². The van der Waals surface area contributed by atoms with Crippen molar-refractivity contribution in [1.29, 1.82) is 0 Å². The Labute approximate surface area is 144 Å². The maximum Gasteiger partial charge on any atom is 0.274 e. The number of rotatable bonds is 5. The summed E-state index contributed by atoms with van der Waals surface area (Å²) in [7, 11) is 0. The third kappa shape index (κ3) is 4.41. The van der Waals surface area contributed by atoms with Crippen LogP contribution >= 0.6 is 0 Å². The van der Waals surface area contributed by atoms with E-state index in [0.717, 1.165) is 5.56 Å². The second-order valence-electron chi connectivity index (χ2n) is 5.70. The lowest BCUT2D eigenvalue weighted by molar-refractivity contribution is -0.115. The quantitative estimate of drug-likeness (QED) is 0.778. The first kappa shape index (κ1) is 16.6. The van der Waals surface area contributed by atoms with Crippen molar-refractivity contribution in [2.75, 3.05) is 5.32 Å². The smallest absolute Gasteiger partial charge is 0.274 e. The van der Waals surface area contributed by atoms with Crippen molar-refractivity contribution >= 4 is 11.6 Å². The molecule has 1 aromatic heterocycles. The van der Waals surface area contributed by atoms with Gasteiger partial charge in [-0.05, 0) is 35.4 Å². The molecule has 25 heavy (non-hydrogen) atoms. The lowest BCUT2D eigenvalue weighted by Crippen LogP contribution is -2.26. The van der Waals surface area contributed by atoms with E-state index in [9.17, 15) is 14.0 Å². The van der Waals surface area contributed by atoms with Crippen LogP contribution in [-0.4, -0.2) is 10.5 Å². The molecule has 4 nitrogen and oxygen atoms in total. The van der Waals surface area contributed by atoms with E-state index in [2.05, 4.69) is 5.32 Å². The first-order valence-electron chi connectivity index (χ1n) is 7.89. The van der Waals surface area contributed by atoms with Gasteiger partial charge in [0, 0.05) is 6.20 Å².